The molecule has 7 heteroatoms. The van der Waals surface area contributed by atoms with Gasteiger partial charge in [-0.3, -0.25) is 4.79 Å². The van der Waals surface area contributed by atoms with Crippen LogP contribution in [0.1, 0.15) is 62.5 Å². The van der Waals surface area contributed by atoms with E-state index in [1.807, 2.05) is 0 Å². The van der Waals surface area contributed by atoms with Crippen molar-refractivity contribution in [3.05, 3.63) is 39.2 Å². The van der Waals surface area contributed by atoms with Gasteiger partial charge in [0.15, 0.2) is 5.76 Å². The van der Waals surface area contributed by atoms with Crippen LogP contribution in [-0.2, 0) is 12.8 Å². The Hall–Kier alpha value is -2.15. The largest absolute Gasteiger partial charge is 0.475 e. The van der Waals surface area contributed by atoms with Crippen LogP contribution in [0.15, 0.2) is 16.5 Å². The molecule has 2 aromatic heterocycles. The van der Waals surface area contributed by atoms with Gasteiger partial charge in [0.05, 0.1) is 21.6 Å². The quantitative estimate of drug-likeness (QED) is 0.928. The van der Waals surface area contributed by atoms with E-state index < -0.39 is 5.97 Å². The number of furan rings is 1. The topological polar surface area (TPSA) is 83.6 Å². The lowest BCUT2D eigenvalue weighted by molar-refractivity contribution is 0.0640. The average molecular weight is 334 g/mol. The molecule has 2 heterocycles. The van der Waals surface area contributed by atoms with Crippen molar-refractivity contribution in [1.29, 1.82) is 0 Å². The predicted molar refractivity (Wildman–Crippen MR) is 84.9 cm³/mol. The minimum absolute atomic E-state index is 0.0255. The summed E-state index contributed by atoms with van der Waals surface area (Å²) in [5, 5.41) is 9.99. The number of fused-ring (bicyclic) bond motifs is 1. The molecule has 1 atom stereocenters. The maximum atomic E-state index is 12.6. The zero-order chi connectivity index (χ0) is 16.6. The second-order valence-corrected chi connectivity index (χ2v) is 6.68. The molecule has 1 amide bonds. The van der Waals surface area contributed by atoms with Crippen LogP contribution < -0.4 is 0 Å². The highest BCUT2D eigenvalue weighted by atomic mass is 32.1. The molecule has 0 spiro atoms. The van der Waals surface area contributed by atoms with Crippen molar-refractivity contribution in [2.75, 3.05) is 7.05 Å². The van der Waals surface area contributed by atoms with E-state index in [-0.39, 0.29) is 23.5 Å². The highest BCUT2D eigenvalue weighted by molar-refractivity contribution is 7.11. The number of carbonyl (C=O) groups is 2. The van der Waals surface area contributed by atoms with Crippen molar-refractivity contribution in [1.82, 2.24) is 9.88 Å². The summed E-state index contributed by atoms with van der Waals surface area (Å²) in [6, 6.07) is 2.69. The van der Waals surface area contributed by atoms with Crippen LogP contribution in [0.2, 0.25) is 0 Å². The monoisotopic (exact) mass is 334 g/mol. The van der Waals surface area contributed by atoms with Crippen LogP contribution >= 0.6 is 11.3 Å². The molecule has 1 aliphatic carbocycles. The summed E-state index contributed by atoms with van der Waals surface area (Å²) in [6.07, 6.45) is 3.71. The molecule has 23 heavy (non-hydrogen) atoms. The number of aryl methyl sites for hydroxylation is 2. The van der Waals surface area contributed by atoms with E-state index in [0.29, 0.717) is 0 Å². The Morgan fingerprint density at radius 1 is 1.43 bits per heavy atom. The van der Waals surface area contributed by atoms with Gasteiger partial charge in [-0.25, -0.2) is 9.78 Å². The lowest BCUT2D eigenvalue weighted by Gasteiger charge is -2.30. The van der Waals surface area contributed by atoms with Gasteiger partial charge in [-0.05, 0) is 37.8 Å². The van der Waals surface area contributed by atoms with Gasteiger partial charge in [0.25, 0.3) is 5.91 Å². The van der Waals surface area contributed by atoms with Crippen molar-refractivity contribution in [2.45, 2.75) is 38.6 Å². The average Bonchev–Trinajstić information content (AvgIpc) is 3.19. The molecule has 0 bridgehead atoms. The molecular weight excluding hydrogens is 316 g/mol. The number of carbonyl (C=O) groups excluding carboxylic acids is 1. The Morgan fingerprint density at radius 3 is 2.83 bits per heavy atom. The van der Waals surface area contributed by atoms with E-state index in [2.05, 4.69) is 11.9 Å². The van der Waals surface area contributed by atoms with E-state index in [9.17, 15) is 9.59 Å². The third kappa shape index (κ3) is 2.88. The second kappa shape index (κ2) is 6.16. The Morgan fingerprint density at radius 2 is 2.17 bits per heavy atom. The number of hydrogen-bond acceptors (Lipinski definition) is 5. The molecular formula is C16H18N2O4S. The van der Waals surface area contributed by atoms with Crippen LogP contribution in [-0.4, -0.2) is 33.9 Å². The number of rotatable bonds is 4. The Labute approximate surface area is 137 Å². The number of carboxylic acids is 1. The summed E-state index contributed by atoms with van der Waals surface area (Å²) in [4.78, 5) is 30.9. The molecule has 1 N–H and O–H groups in total. The molecule has 122 valence electrons. The first-order valence-electron chi connectivity index (χ1n) is 7.60. The molecule has 0 saturated heterocycles. The van der Waals surface area contributed by atoms with Gasteiger partial charge >= 0.3 is 5.97 Å². The zero-order valence-corrected chi connectivity index (χ0v) is 13.9. The number of hydrogen-bond donors (Lipinski definition) is 1. The fourth-order valence-electron chi connectivity index (χ4n) is 2.85. The Balaban J connectivity index is 1.85. The van der Waals surface area contributed by atoms with Gasteiger partial charge < -0.3 is 14.4 Å². The maximum absolute atomic E-state index is 12.6. The van der Waals surface area contributed by atoms with Gasteiger partial charge in [0.1, 0.15) is 0 Å². The fraction of sp³-hybridized carbons (Fsp3) is 0.438. The molecule has 6 nitrogen and oxygen atoms in total. The molecule has 0 saturated carbocycles. The standard InChI is InChI=1S/C16H18N2O4S/c1-3-13-17-9-5-4-6-10(14(9)23-13)18(2)15(19)11-7-8-12(22-11)16(20)21/h7-8,10H,3-6H2,1-2H3,(H,20,21). The van der Waals surface area contributed by atoms with Crippen molar-refractivity contribution in [2.24, 2.45) is 0 Å². The molecule has 0 fully saturated rings. The second-order valence-electron chi connectivity index (χ2n) is 5.57. The van der Waals surface area contributed by atoms with Crippen LogP contribution in [0.4, 0.5) is 0 Å². The SMILES string of the molecule is CCc1nc2c(s1)C(N(C)C(=O)c1ccc(C(=O)O)o1)CCC2. The first-order valence-corrected chi connectivity index (χ1v) is 8.41. The maximum Gasteiger partial charge on any atom is 0.371 e. The lowest BCUT2D eigenvalue weighted by Crippen LogP contribution is -2.32. The number of nitrogens with zero attached hydrogens (tertiary/aromatic N) is 2. The smallest absolute Gasteiger partial charge is 0.371 e. The number of amides is 1. The third-order valence-corrected chi connectivity index (χ3v) is 5.43. The van der Waals surface area contributed by atoms with Crippen LogP contribution in [0.25, 0.3) is 0 Å². The molecule has 0 aromatic carbocycles. The summed E-state index contributed by atoms with van der Waals surface area (Å²) in [5.74, 6) is -1.65. The first kappa shape index (κ1) is 15.7. The summed E-state index contributed by atoms with van der Waals surface area (Å²) in [7, 11) is 1.73. The first-order chi connectivity index (χ1) is 11.0. The number of aromatic carboxylic acids is 1. The van der Waals surface area contributed by atoms with E-state index in [1.165, 1.54) is 12.1 Å². The lowest BCUT2D eigenvalue weighted by atomic mass is 9.97. The van der Waals surface area contributed by atoms with E-state index in [0.717, 1.165) is 41.3 Å². The molecule has 3 rings (SSSR count). The summed E-state index contributed by atoms with van der Waals surface area (Å²) in [6.45, 7) is 2.07. The van der Waals surface area contributed by atoms with Crippen molar-refractivity contribution in [3.8, 4) is 0 Å². The minimum Gasteiger partial charge on any atom is -0.475 e. The number of carboxylic acid groups (broad SMARTS) is 1. The van der Waals surface area contributed by atoms with Gasteiger partial charge in [-0.15, -0.1) is 11.3 Å². The van der Waals surface area contributed by atoms with Crippen molar-refractivity contribution in [3.63, 3.8) is 0 Å². The highest BCUT2D eigenvalue weighted by Crippen LogP contribution is 2.38. The molecule has 1 aliphatic rings. The summed E-state index contributed by atoms with van der Waals surface area (Å²) >= 11 is 1.66. The van der Waals surface area contributed by atoms with Crippen LogP contribution in [0, 0.1) is 0 Å². The van der Waals surface area contributed by atoms with Crippen LogP contribution in [0.3, 0.4) is 0 Å². The van der Waals surface area contributed by atoms with Gasteiger partial charge in [-0.1, -0.05) is 6.92 Å². The predicted octanol–water partition coefficient (Wildman–Crippen LogP) is 3.15. The normalized spacial score (nSPS) is 16.9. The number of aromatic nitrogens is 1. The van der Waals surface area contributed by atoms with Gasteiger partial charge in [0.2, 0.25) is 5.76 Å². The zero-order valence-electron chi connectivity index (χ0n) is 13.0. The van der Waals surface area contributed by atoms with Crippen LogP contribution in [0.5, 0.6) is 0 Å². The van der Waals surface area contributed by atoms with E-state index in [1.54, 1.807) is 23.3 Å². The van der Waals surface area contributed by atoms with E-state index >= 15 is 0 Å². The molecule has 0 aliphatic heterocycles. The molecule has 0 radical (unpaired) electrons. The number of thiazole rings is 1. The Bertz CT molecular complexity index is 749. The third-order valence-electron chi connectivity index (χ3n) is 4.08. The fourth-order valence-corrected chi connectivity index (χ4v) is 4.08. The van der Waals surface area contributed by atoms with Gasteiger partial charge in [-0.2, -0.15) is 0 Å². The molecule has 2 aromatic rings. The van der Waals surface area contributed by atoms with Crippen molar-refractivity contribution < 1.29 is 19.1 Å². The van der Waals surface area contributed by atoms with Gasteiger partial charge in [0, 0.05) is 7.05 Å². The van der Waals surface area contributed by atoms with E-state index in [4.69, 9.17) is 9.52 Å². The molecule has 1 unspecified atom stereocenters. The minimum atomic E-state index is -1.18. The Kier molecular flexibility index (Phi) is 4.21. The van der Waals surface area contributed by atoms with Crippen molar-refractivity contribution >= 4 is 23.2 Å². The highest BCUT2D eigenvalue weighted by Gasteiger charge is 2.31. The summed E-state index contributed by atoms with van der Waals surface area (Å²) < 4.78 is 5.13. The summed E-state index contributed by atoms with van der Waals surface area (Å²) in [5.41, 5.74) is 1.09.